The van der Waals surface area contributed by atoms with E-state index >= 15 is 0 Å². The van der Waals surface area contributed by atoms with Gasteiger partial charge in [0, 0.05) is 18.8 Å². The molecule has 2 aromatic rings. The number of para-hydroxylation sites is 1. The Morgan fingerprint density at radius 2 is 1.77 bits per heavy atom. The predicted molar refractivity (Wildman–Crippen MR) is 89.4 cm³/mol. The van der Waals surface area contributed by atoms with Gasteiger partial charge in [0.1, 0.15) is 0 Å². The maximum atomic E-state index is 12.3. The summed E-state index contributed by atoms with van der Waals surface area (Å²) in [6.07, 6.45) is 0.864. The van der Waals surface area contributed by atoms with Crippen LogP contribution < -0.4 is 10.2 Å². The van der Waals surface area contributed by atoms with Gasteiger partial charge in [-0.25, -0.2) is 0 Å². The van der Waals surface area contributed by atoms with Crippen molar-refractivity contribution >= 4 is 17.4 Å². The van der Waals surface area contributed by atoms with Crippen LogP contribution in [-0.2, 0) is 6.42 Å². The molecule has 0 atom stereocenters. The fourth-order valence-electron chi connectivity index (χ4n) is 2.30. The smallest absolute Gasteiger partial charge is 0.276 e. The summed E-state index contributed by atoms with van der Waals surface area (Å²) >= 11 is 0. The zero-order valence-electron chi connectivity index (χ0n) is 13.3. The van der Waals surface area contributed by atoms with Crippen molar-refractivity contribution in [3.05, 3.63) is 47.7 Å². The van der Waals surface area contributed by atoms with Gasteiger partial charge in [-0.3, -0.25) is 4.79 Å². The summed E-state index contributed by atoms with van der Waals surface area (Å²) in [6.45, 7) is 7.91. The quantitative estimate of drug-likeness (QED) is 0.890. The van der Waals surface area contributed by atoms with Crippen LogP contribution in [-0.4, -0.2) is 29.2 Å². The molecule has 0 radical (unpaired) electrons. The number of nitrogens with zero attached hydrogens (tertiary/aromatic N) is 3. The third kappa shape index (κ3) is 3.61. The number of nitrogens with one attached hydrogen (secondary N) is 1. The third-order valence-corrected chi connectivity index (χ3v) is 3.62. The zero-order chi connectivity index (χ0) is 15.9. The molecule has 0 spiro atoms. The number of rotatable bonds is 6. The van der Waals surface area contributed by atoms with Crippen molar-refractivity contribution in [1.82, 2.24) is 10.2 Å². The lowest BCUT2D eigenvalue weighted by molar-refractivity contribution is 0.102. The van der Waals surface area contributed by atoms with Gasteiger partial charge in [0.25, 0.3) is 5.91 Å². The van der Waals surface area contributed by atoms with Crippen LogP contribution in [0, 0.1) is 0 Å². The number of carbonyl (C=O) groups is 1. The van der Waals surface area contributed by atoms with Gasteiger partial charge in [-0.05, 0) is 44.0 Å². The number of aryl methyl sites for hydroxylation is 1. The molecule has 5 nitrogen and oxygen atoms in total. The minimum atomic E-state index is -0.237. The van der Waals surface area contributed by atoms with Crippen LogP contribution in [0.15, 0.2) is 36.4 Å². The van der Waals surface area contributed by atoms with E-state index in [4.69, 9.17) is 0 Å². The molecule has 0 bridgehead atoms. The van der Waals surface area contributed by atoms with Crippen molar-refractivity contribution in [2.24, 2.45) is 0 Å². The van der Waals surface area contributed by atoms with Crippen molar-refractivity contribution in [3.8, 4) is 0 Å². The molecule has 1 N–H and O–H groups in total. The highest BCUT2D eigenvalue weighted by molar-refractivity contribution is 6.03. The Balaban J connectivity index is 2.13. The largest absolute Gasteiger partial charge is 0.356 e. The summed E-state index contributed by atoms with van der Waals surface area (Å²) in [5, 5.41) is 11.1. The first-order valence-electron chi connectivity index (χ1n) is 7.67. The van der Waals surface area contributed by atoms with Crippen molar-refractivity contribution in [2.45, 2.75) is 27.2 Å². The minimum absolute atomic E-state index is 0.237. The van der Waals surface area contributed by atoms with E-state index < -0.39 is 0 Å². The normalized spacial score (nSPS) is 10.3. The monoisotopic (exact) mass is 298 g/mol. The highest BCUT2D eigenvalue weighted by atomic mass is 16.1. The average molecular weight is 298 g/mol. The SMILES string of the molecule is CCc1ccccc1NC(=O)c1ccc(N(CC)CC)nn1. The third-order valence-electron chi connectivity index (χ3n) is 3.62. The van der Waals surface area contributed by atoms with E-state index in [1.165, 1.54) is 0 Å². The van der Waals surface area contributed by atoms with E-state index in [9.17, 15) is 4.79 Å². The predicted octanol–water partition coefficient (Wildman–Crippen LogP) is 3.14. The maximum Gasteiger partial charge on any atom is 0.276 e. The van der Waals surface area contributed by atoms with Crippen molar-refractivity contribution in [2.75, 3.05) is 23.3 Å². The molecule has 0 saturated heterocycles. The van der Waals surface area contributed by atoms with E-state index in [0.717, 1.165) is 36.6 Å². The minimum Gasteiger partial charge on any atom is -0.356 e. The number of amides is 1. The Bertz CT molecular complexity index is 621. The molecule has 0 saturated carbocycles. The molecule has 1 aromatic carbocycles. The summed E-state index contributed by atoms with van der Waals surface area (Å²) < 4.78 is 0. The van der Waals surface area contributed by atoms with Gasteiger partial charge in [-0.1, -0.05) is 25.1 Å². The summed E-state index contributed by atoms with van der Waals surface area (Å²) in [6, 6.07) is 11.3. The van der Waals surface area contributed by atoms with Crippen LogP contribution in [0.5, 0.6) is 0 Å². The van der Waals surface area contributed by atoms with E-state index in [0.29, 0.717) is 5.69 Å². The first kappa shape index (κ1) is 15.9. The van der Waals surface area contributed by atoms with Gasteiger partial charge in [0.15, 0.2) is 11.5 Å². The second-order valence-electron chi connectivity index (χ2n) is 4.91. The Labute approximate surface area is 131 Å². The summed E-state index contributed by atoms with van der Waals surface area (Å²) in [5.74, 6) is 0.551. The van der Waals surface area contributed by atoms with Crippen molar-refractivity contribution in [3.63, 3.8) is 0 Å². The number of aromatic nitrogens is 2. The summed E-state index contributed by atoms with van der Waals surface area (Å²) in [7, 11) is 0. The van der Waals surface area contributed by atoms with Crippen LogP contribution >= 0.6 is 0 Å². The fourth-order valence-corrected chi connectivity index (χ4v) is 2.30. The lowest BCUT2D eigenvalue weighted by atomic mass is 10.1. The highest BCUT2D eigenvalue weighted by Gasteiger charge is 2.11. The van der Waals surface area contributed by atoms with Crippen LogP contribution in [0.2, 0.25) is 0 Å². The number of hydrogen-bond acceptors (Lipinski definition) is 4. The van der Waals surface area contributed by atoms with Crippen LogP contribution in [0.1, 0.15) is 36.8 Å². The fraction of sp³-hybridized carbons (Fsp3) is 0.353. The van der Waals surface area contributed by atoms with Gasteiger partial charge < -0.3 is 10.2 Å². The Hall–Kier alpha value is -2.43. The molecule has 22 heavy (non-hydrogen) atoms. The van der Waals surface area contributed by atoms with E-state index in [1.807, 2.05) is 30.3 Å². The topological polar surface area (TPSA) is 58.1 Å². The van der Waals surface area contributed by atoms with E-state index in [-0.39, 0.29) is 5.91 Å². The van der Waals surface area contributed by atoms with E-state index in [2.05, 4.69) is 41.2 Å². The number of benzene rings is 1. The number of hydrogen-bond donors (Lipinski definition) is 1. The molecule has 0 unspecified atom stereocenters. The van der Waals surface area contributed by atoms with Crippen LogP contribution in [0.3, 0.4) is 0 Å². The molecule has 1 aromatic heterocycles. The van der Waals surface area contributed by atoms with Gasteiger partial charge in [0.2, 0.25) is 0 Å². The Morgan fingerprint density at radius 3 is 2.36 bits per heavy atom. The standard InChI is InChI=1S/C17H22N4O/c1-4-13-9-7-8-10-14(13)18-17(22)15-11-12-16(20-19-15)21(5-2)6-3/h7-12H,4-6H2,1-3H3,(H,18,22). The lowest BCUT2D eigenvalue weighted by Crippen LogP contribution is -2.24. The molecule has 0 aliphatic carbocycles. The molecule has 1 amide bonds. The Morgan fingerprint density at radius 1 is 1.05 bits per heavy atom. The first-order chi connectivity index (χ1) is 10.7. The number of carbonyl (C=O) groups excluding carboxylic acids is 1. The van der Waals surface area contributed by atoms with Crippen LogP contribution in [0.4, 0.5) is 11.5 Å². The van der Waals surface area contributed by atoms with Crippen molar-refractivity contribution < 1.29 is 4.79 Å². The van der Waals surface area contributed by atoms with Gasteiger partial charge in [0.05, 0.1) is 0 Å². The average Bonchev–Trinajstić information content (AvgIpc) is 2.57. The zero-order valence-corrected chi connectivity index (χ0v) is 13.3. The molecule has 0 aliphatic heterocycles. The molecule has 116 valence electrons. The second kappa shape index (κ2) is 7.54. The second-order valence-corrected chi connectivity index (χ2v) is 4.91. The molecular formula is C17H22N4O. The lowest BCUT2D eigenvalue weighted by Gasteiger charge is -2.18. The van der Waals surface area contributed by atoms with Crippen molar-refractivity contribution in [1.29, 1.82) is 0 Å². The first-order valence-corrected chi connectivity index (χ1v) is 7.67. The molecule has 0 aliphatic rings. The maximum absolute atomic E-state index is 12.3. The molecule has 1 heterocycles. The van der Waals surface area contributed by atoms with Gasteiger partial charge in [-0.15, -0.1) is 10.2 Å². The molecule has 5 heteroatoms. The van der Waals surface area contributed by atoms with Gasteiger partial charge in [-0.2, -0.15) is 0 Å². The number of anilines is 2. The van der Waals surface area contributed by atoms with Crippen LogP contribution in [0.25, 0.3) is 0 Å². The van der Waals surface area contributed by atoms with E-state index in [1.54, 1.807) is 6.07 Å². The summed E-state index contributed by atoms with van der Waals surface area (Å²) in [4.78, 5) is 14.4. The van der Waals surface area contributed by atoms with Gasteiger partial charge >= 0.3 is 0 Å². The molecular weight excluding hydrogens is 276 g/mol. The highest BCUT2D eigenvalue weighted by Crippen LogP contribution is 2.16. The Kier molecular flexibility index (Phi) is 5.47. The molecule has 2 rings (SSSR count). The molecule has 0 fully saturated rings. The summed E-state index contributed by atoms with van der Waals surface area (Å²) in [5.41, 5.74) is 2.25.